The summed E-state index contributed by atoms with van der Waals surface area (Å²) in [6.07, 6.45) is 1.56. The molecule has 1 aliphatic rings. The summed E-state index contributed by atoms with van der Waals surface area (Å²) in [5, 5.41) is 0. The second kappa shape index (κ2) is 4.96. The van der Waals surface area contributed by atoms with E-state index >= 15 is 0 Å². The molecule has 0 radical (unpaired) electrons. The Bertz CT molecular complexity index is 320. The molecule has 0 amide bonds. The molecule has 1 rings (SSSR count). The van der Waals surface area contributed by atoms with Crippen LogP contribution in [-0.2, 0) is 19.4 Å². The highest BCUT2D eigenvalue weighted by molar-refractivity contribution is 7.91. The highest BCUT2D eigenvalue weighted by atomic mass is 32.2. The van der Waals surface area contributed by atoms with E-state index in [1.807, 2.05) is 6.92 Å². The first-order chi connectivity index (χ1) is 6.94. The molecule has 88 valence electrons. The number of hydrogen-bond donors (Lipinski definition) is 0. The van der Waals surface area contributed by atoms with Gasteiger partial charge in [-0.3, -0.25) is 4.79 Å². The third-order valence-corrected chi connectivity index (χ3v) is 4.51. The lowest BCUT2D eigenvalue weighted by Gasteiger charge is -2.23. The van der Waals surface area contributed by atoms with E-state index in [0.717, 1.165) is 6.42 Å². The van der Waals surface area contributed by atoms with Crippen molar-refractivity contribution < 1.29 is 17.9 Å². The van der Waals surface area contributed by atoms with Gasteiger partial charge in [-0.1, -0.05) is 13.8 Å². The monoisotopic (exact) mass is 234 g/mol. The van der Waals surface area contributed by atoms with Crippen LogP contribution in [0.5, 0.6) is 0 Å². The Morgan fingerprint density at radius 3 is 2.73 bits per heavy atom. The van der Waals surface area contributed by atoms with Crippen molar-refractivity contribution in [1.82, 2.24) is 0 Å². The van der Waals surface area contributed by atoms with Crippen LogP contribution in [-0.4, -0.2) is 32.0 Å². The standard InChI is InChI=1S/C10H18O4S/c1-3-8(2)10(11)14-9-5-4-6-15(12,13)7-9/h8-9H,3-7H2,1-2H3. The molecule has 1 heterocycles. The van der Waals surface area contributed by atoms with E-state index in [0.29, 0.717) is 12.8 Å². The molecule has 0 aromatic rings. The Labute approximate surface area is 90.9 Å². The van der Waals surface area contributed by atoms with Crippen molar-refractivity contribution in [3.8, 4) is 0 Å². The molecule has 1 fully saturated rings. The minimum Gasteiger partial charge on any atom is -0.461 e. The summed E-state index contributed by atoms with van der Waals surface area (Å²) in [5.41, 5.74) is 0. The lowest BCUT2D eigenvalue weighted by molar-refractivity contribution is -0.152. The quantitative estimate of drug-likeness (QED) is 0.687. The Hall–Kier alpha value is -0.580. The van der Waals surface area contributed by atoms with Crippen LogP contribution < -0.4 is 0 Å². The van der Waals surface area contributed by atoms with Gasteiger partial charge in [0, 0.05) is 0 Å². The molecule has 0 aromatic carbocycles. The molecule has 1 aliphatic heterocycles. The smallest absolute Gasteiger partial charge is 0.308 e. The fourth-order valence-corrected chi connectivity index (χ4v) is 3.10. The van der Waals surface area contributed by atoms with Crippen molar-refractivity contribution in [2.45, 2.75) is 39.2 Å². The highest BCUT2D eigenvalue weighted by Crippen LogP contribution is 2.17. The lowest BCUT2D eigenvalue weighted by atomic mass is 10.1. The van der Waals surface area contributed by atoms with Crippen molar-refractivity contribution in [3.63, 3.8) is 0 Å². The predicted molar refractivity (Wildman–Crippen MR) is 57.2 cm³/mol. The summed E-state index contributed by atoms with van der Waals surface area (Å²) in [7, 11) is -2.99. The van der Waals surface area contributed by atoms with Crippen molar-refractivity contribution in [1.29, 1.82) is 0 Å². The van der Waals surface area contributed by atoms with Crippen molar-refractivity contribution >= 4 is 15.8 Å². The number of carbonyl (C=O) groups is 1. The molecule has 4 nitrogen and oxygen atoms in total. The van der Waals surface area contributed by atoms with Gasteiger partial charge in [-0.05, 0) is 19.3 Å². The summed E-state index contributed by atoms with van der Waals surface area (Å²) in [6.45, 7) is 3.70. The summed E-state index contributed by atoms with van der Waals surface area (Å²) in [5.74, 6) is -0.200. The Balaban J connectivity index is 2.49. The molecule has 2 unspecified atom stereocenters. The van der Waals surface area contributed by atoms with E-state index in [1.54, 1.807) is 6.92 Å². The summed E-state index contributed by atoms with van der Waals surface area (Å²) < 4.78 is 27.7. The Morgan fingerprint density at radius 1 is 1.53 bits per heavy atom. The third kappa shape index (κ3) is 3.81. The molecule has 0 bridgehead atoms. The maximum Gasteiger partial charge on any atom is 0.308 e. The van der Waals surface area contributed by atoms with Crippen LogP contribution in [0.15, 0.2) is 0 Å². The van der Waals surface area contributed by atoms with Crippen molar-refractivity contribution in [2.24, 2.45) is 5.92 Å². The van der Waals surface area contributed by atoms with Gasteiger partial charge in [0.1, 0.15) is 6.10 Å². The molecular formula is C10H18O4S. The maximum atomic E-state index is 11.4. The maximum absolute atomic E-state index is 11.4. The van der Waals surface area contributed by atoms with Gasteiger partial charge in [0.05, 0.1) is 17.4 Å². The van der Waals surface area contributed by atoms with E-state index in [9.17, 15) is 13.2 Å². The normalized spacial score (nSPS) is 26.9. The first-order valence-corrected chi connectivity index (χ1v) is 7.17. The van der Waals surface area contributed by atoms with Crippen LogP contribution in [0.25, 0.3) is 0 Å². The zero-order chi connectivity index (χ0) is 11.5. The molecule has 0 N–H and O–H groups in total. The average Bonchev–Trinajstić information content (AvgIpc) is 2.14. The van der Waals surface area contributed by atoms with E-state index in [2.05, 4.69) is 0 Å². The Kier molecular flexibility index (Phi) is 4.13. The van der Waals surface area contributed by atoms with Crippen LogP contribution in [0.2, 0.25) is 0 Å². The molecule has 0 aromatic heterocycles. The van der Waals surface area contributed by atoms with E-state index in [4.69, 9.17) is 4.74 Å². The van der Waals surface area contributed by atoms with Crippen LogP contribution in [0, 0.1) is 5.92 Å². The fraction of sp³-hybridized carbons (Fsp3) is 0.900. The van der Waals surface area contributed by atoms with Gasteiger partial charge in [-0.15, -0.1) is 0 Å². The number of esters is 1. The second-order valence-corrected chi connectivity index (χ2v) is 6.35. The summed E-state index contributed by atoms with van der Waals surface area (Å²) in [6, 6.07) is 0. The van der Waals surface area contributed by atoms with Crippen LogP contribution in [0.3, 0.4) is 0 Å². The number of sulfone groups is 1. The van der Waals surface area contributed by atoms with Gasteiger partial charge < -0.3 is 4.74 Å². The summed E-state index contributed by atoms with van der Waals surface area (Å²) in [4.78, 5) is 11.4. The zero-order valence-electron chi connectivity index (χ0n) is 9.23. The second-order valence-electron chi connectivity index (χ2n) is 4.12. The number of rotatable bonds is 3. The fourth-order valence-electron chi connectivity index (χ4n) is 1.52. The van der Waals surface area contributed by atoms with Gasteiger partial charge in [-0.25, -0.2) is 8.42 Å². The number of ether oxygens (including phenoxy) is 1. The minimum absolute atomic E-state index is 0.00479. The Morgan fingerprint density at radius 2 is 2.20 bits per heavy atom. The van der Waals surface area contributed by atoms with E-state index in [1.165, 1.54) is 0 Å². The van der Waals surface area contributed by atoms with Crippen LogP contribution >= 0.6 is 0 Å². The largest absolute Gasteiger partial charge is 0.461 e. The topological polar surface area (TPSA) is 60.4 Å². The molecule has 0 aliphatic carbocycles. The highest BCUT2D eigenvalue weighted by Gasteiger charge is 2.28. The van der Waals surface area contributed by atoms with Gasteiger partial charge in [0.15, 0.2) is 9.84 Å². The number of carbonyl (C=O) groups excluding carboxylic acids is 1. The molecule has 0 saturated carbocycles. The van der Waals surface area contributed by atoms with Gasteiger partial charge >= 0.3 is 5.97 Å². The van der Waals surface area contributed by atoms with E-state index < -0.39 is 15.9 Å². The van der Waals surface area contributed by atoms with Gasteiger partial charge in [-0.2, -0.15) is 0 Å². The molecule has 2 atom stereocenters. The van der Waals surface area contributed by atoms with Gasteiger partial charge in [0.25, 0.3) is 0 Å². The van der Waals surface area contributed by atoms with Crippen LogP contribution in [0.4, 0.5) is 0 Å². The van der Waals surface area contributed by atoms with Crippen LogP contribution in [0.1, 0.15) is 33.1 Å². The molecule has 5 heteroatoms. The predicted octanol–water partition coefficient (Wildman–Crippen LogP) is 1.15. The average molecular weight is 234 g/mol. The van der Waals surface area contributed by atoms with Gasteiger partial charge in [0.2, 0.25) is 0 Å². The molecule has 15 heavy (non-hydrogen) atoms. The minimum atomic E-state index is -2.99. The van der Waals surface area contributed by atoms with Crippen molar-refractivity contribution in [3.05, 3.63) is 0 Å². The number of hydrogen-bond acceptors (Lipinski definition) is 4. The van der Waals surface area contributed by atoms with E-state index in [-0.39, 0.29) is 23.4 Å². The van der Waals surface area contributed by atoms with Crippen molar-refractivity contribution in [2.75, 3.05) is 11.5 Å². The molecular weight excluding hydrogens is 216 g/mol. The lowest BCUT2D eigenvalue weighted by Crippen LogP contribution is -2.34. The summed E-state index contributed by atoms with van der Waals surface area (Å²) >= 11 is 0. The zero-order valence-corrected chi connectivity index (χ0v) is 10.0. The third-order valence-electron chi connectivity index (χ3n) is 2.72. The first kappa shape index (κ1) is 12.5. The SMILES string of the molecule is CCC(C)C(=O)OC1CCCS(=O)(=O)C1. The molecule has 1 saturated heterocycles. The molecule has 0 spiro atoms. The first-order valence-electron chi connectivity index (χ1n) is 5.35.